The van der Waals surface area contributed by atoms with E-state index in [1.165, 1.54) is 22.6 Å². The third kappa shape index (κ3) is 2.58. The van der Waals surface area contributed by atoms with E-state index in [0.717, 1.165) is 0 Å². The van der Waals surface area contributed by atoms with Gasteiger partial charge in [0.1, 0.15) is 0 Å². The first-order valence-corrected chi connectivity index (χ1v) is 7.64. The Morgan fingerprint density at radius 1 is 1.37 bits per heavy atom. The van der Waals surface area contributed by atoms with Crippen molar-refractivity contribution in [1.82, 2.24) is 10.2 Å². The molecule has 5 heteroatoms. The number of carbonyl (C=O) groups is 2. The van der Waals surface area contributed by atoms with Crippen LogP contribution in [0.1, 0.15) is 36.6 Å². The second kappa shape index (κ2) is 5.06. The van der Waals surface area contributed by atoms with Crippen LogP contribution in [-0.4, -0.2) is 29.8 Å². The summed E-state index contributed by atoms with van der Waals surface area (Å²) < 4.78 is 0. The molecule has 2 atom stereocenters. The van der Waals surface area contributed by atoms with Crippen molar-refractivity contribution >= 4 is 23.2 Å². The Kier molecular flexibility index (Phi) is 3.41. The second-order valence-electron chi connectivity index (χ2n) is 5.38. The van der Waals surface area contributed by atoms with Gasteiger partial charge in [0, 0.05) is 24.4 Å². The standard InChI is InChI=1S/C14H18N2O2S/c1-16-12(17)7-6-10(14(16)18)15-13(9-4-5-9)11-3-2-8-19-11/h2-3,8-10,13,15H,4-7H2,1H3. The zero-order valence-corrected chi connectivity index (χ0v) is 11.8. The van der Waals surface area contributed by atoms with Crippen molar-refractivity contribution < 1.29 is 9.59 Å². The molecule has 1 aromatic rings. The number of carbonyl (C=O) groups excluding carboxylic acids is 2. The van der Waals surface area contributed by atoms with Gasteiger partial charge < -0.3 is 0 Å². The van der Waals surface area contributed by atoms with E-state index < -0.39 is 0 Å². The number of imide groups is 1. The molecule has 1 aliphatic carbocycles. The Bertz CT molecular complexity index is 482. The van der Waals surface area contributed by atoms with Crippen LogP contribution in [0.4, 0.5) is 0 Å². The molecule has 2 amide bonds. The van der Waals surface area contributed by atoms with Crippen LogP contribution >= 0.6 is 11.3 Å². The van der Waals surface area contributed by atoms with E-state index in [4.69, 9.17) is 0 Å². The number of nitrogens with zero attached hydrogens (tertiary/aromatic N) is 1. The van der Waals surface area contributed by atoms with Gasteiger partial charge in [-0.25, -0.2) is 0 Å². The lowest BCUT2D eigenvalue weighted by molar-refractivity contribution is -0.148. The van der Waals surface area contributed by atoms with E-state index in [0.29, 0.717) is 18.8 Å². The van der Waals surface area contributed by atoms with Gasteiger partial charge in [0.05, 0.1) is 6.04 Å². The number of hydrogen-bond donors (Lipinski definition) is 1. The molecular weight excluding hydrogens is 260 g/mol. The molecule has 2 unspecified atom stereocenters. The molecule has 2 aliphatic rings. The molecule has 19 heavy (non-hydrogen) atoms. The number of hydrogen-bond acceptors (Lipinski definition) is 4. The van der Waals surface area contributed by atoms with E-state index in [9.17, 15) is 9.59 Å². The van der Waals surface area contributed by atoms with Crippen LogP contribution in [-0.2, 0) is 9.59 Å². The monoisotopic (exact) mass is 278 g/mol. The van der Waals surface area contributed by atoms with Crippen molar-refractivity contribution in [1.29, 1.82) is 0 Å². The molecule has 1 N–H and O–H groups in total. The highest BCUT2D eigenvalue weighted by atomic mass is 32.1. The molecule has 0 spiro atoms. The fraction of sp³-hybridized carbons (Fsp3) is 0.571. The van der Waals surface area contributed by atoms with Crippen LogP contribution in [0.5, 0.6) is 0 Å². The van der Waals surface area contributed by atoms with Crippen molar-refractivity contribution in [3.05, 3.63) is 22.4 Å². The normalized spacial score (nSPS) is 25.7. The summed E-state index contributed by atoms with van der Waals surface area (Å²) in [6.07, 6.45) is 3.54. The maximum Gasteiger partial charge on any atom is 0.246 e. The van der Waals surface area contributed by atoms with Crippen LogP contribution in [0.2, 0.25) is 0 Å². The predicted octanol–water partition coefficient (Wildman–Crippen LogP) is 1.94. The van der Waals surface area contributed by atoms with Crippen molar-refractivity contribution in [2.45, 2.75) is 37.8 Å². The molecular formula is C14H18N2O2S. The number of amides is 2. The lowest BCUT2D eigenvalue weighted by Crippen LogP contribution is -2.52. The Morgan fingerprint density at radius 2 is 2.16 bits per heavy atom. The summed E-state index contributed by atoms with van der Waals surface area (Å²) in [5.74, 6) is 0.495. The third-order valence-corrected chi connectivity index (χ3v) is 4.93. The maximum atomic E-state index is 12.1. The highest BCUT2D eigenvalue weighted by molar-refractivity contribution is 7.10. The van der Waals surface area contributed by atoms with Crippen LogP contribution < -0.4 is 5.32 Å². The molecule has 1 aromatic heterocycles. The van der Waals surface area contributed by atoms with Crippen LogP contribution in [0.3, 0.4) is 0 Å². The highest BCUT2D eigenvalue weighted by Gasteiger charge is 2.38. The highest BCUT2D eigenvalue weighted by Crippen LogP contribution is 2.42. The fourth-order valence-corrected chi connectivity index (χ4v) is 3.51. The first-order chi connectivity index (χ1) is 9.16. The molecule has 0 bridgehead atoms. The smallest absolute Gasteiger partial charge is 0.246 e. The number of piperidine rings is 1. The minimum absolute atomic E-state index is 0.0675. The van der Waals surface area contributed by atoms with E-state index in [-0.39, 0.29) is 23.9 Å². The lowest BCUT2D eigenvalue weighted by atomic mass is 10.0. The van der Waals surface area contributed by atoms with Crippen molar-refractivity contribution in [2.75, 3.05) is 7.05 Å². The fourth-order valence-electron chi connectivity index (χ4n) is 2.64. The summed E-state index contributed by atoms with van der Waals surface area (Å²) in [7, 11) is 1.58. The quantitative estimate of drug-likeness (QED) is 0.856. The minimum atomic E-state index is -0.213. The molecule has 1 aliphatic heterocycles. The molecule has 0 radical (unpaired) electrons. The maximum absolute atomic E-state index is 12.1. The summed E-state index contributed by atoms with van der Waals surface area (Å²) in [5.41, 5.74) is 0. The Labute approximate surface area is 116 Å². The largest absolute Gasteiger partial charge is 0.298 e. The predicted molar refractivity (Wildman–Crippen MR) is 73.7 cm³/mol. The molecule has 1 saturated carbocycles. The van der Waals surface area contributed by atoms with Gasteiger partial charge in [0.25, 0.3) is 0 Å². The van der Waals surface area contributed by atoms with Gasteiger partial charge in [-0.15, -0.1) is 11.3 Å². The van der Waals surface area contributed by atoms with Gasteiger partial charge in [0.2, 0.25) is 11.8 Å². The van der Waals surface area contributed by atoms with Crippen LogP contribution in [0.25, 0.3) is 0 Å². The summed E-state index contributed by atoms with van der Waals surface area (Å²) in [6.45, 7) is 0. The van der Waals surface area contributed by atoms with E-state index in [2.05, 4.69) is 22.8 Å². The summed E-state index contributed by atoms with van der Waals surface area (Å²) in [6, 6.07) is 4.24. The van der Waals surface area contributed by atoms with Gasteiger partial charge in [-0.05, 0) is 36.6 Å². The summed E-state index contributed by atoms with van der Waals surface area (Å²) in [4.78, 5) is 26.2. The number of nitrogens with one attached hydrogen (secondary N) is 1. The SMILES string of the molecule is CN1C(=O)CCC(NC(c2cccs2)C2CC2)C1=O. The number of likely N-dealkylation sites (N-methyl/N-ethyl adjacent to an activating group) is 1. The van der Waals surface area contributed by atoms with E-state index in [1.807, 2.05) is 0 Å². The lowest BCUT2D eigenvalue weighted by Gasteiger charge is -2.31. The molecule has 102 valence electrons. The molecule has 2 heterocycles. The summed E-state index contributed by atoms with van der Waals surface area (Å²) in [5, 5.41) is 5.56. The minimum Gasteiger partial charge on any atom is -0.298 e. The Morgan fingerprint density at radius 3 is 2.79 bits per heavy atom. The topological polar surface area (TPSA) is 49.4 Å². The summed E-state index contributed by atoms with van der Waals surface area (Å²) >= 11 is 1.74. The van der Waals surface area contributed by atoms with Gasteiger partial charge in [-0.1, -0.05) is 6.07 Å². The number of rotatable bonds is 4. The molecule has 3 rings (SSSR count). The average Bonchev–Trinajstić information content (AvgIpc) is 3.10. The van der Waals surface area contributed by atoms with E-state index >= 15 is 0 Å². The average molecular weight is 278 g/mol. The van der Waals surface area contributed by atoms with Crippen molar-refractivity contribution in [2.24, 2.45) is 5.92 Å². The number of thiophene rings is 1. The first kappa shape index (κ1) is 12.8. The van der Waals surface area contributed by atoms with Crippen LogP contribution in [0, 0.1) is 5.92 Å². The van der Waals surface area contributed by atoms with Gasteiger partial charge in [-0.3, -0.25) is 19.8 Å². The molecule has 0 aromatic carbocycles. The molecule has 4 nitrogen and oxygen atoms in total. The second-order valence-corrected chi connectivity index (χ2v) is 6.36. The van der Waals surface area contributed by atoms with Gasteiger partial charge in [0.15, 0.2) is 0 Å². The van der Waals surface area contributed by atoms with E-state index in [1.54, 1.807) is 18.4 Å². The Balaban J connectivity index is 1.72. The zero-order valence-electron chi connectivity index (χ0n) is 11.0. The first-order valence-electron chi connectivity index (χ1n) is 6.76. The Hall–Kier alpha value is -1.20. The zero-order chi connectivity index (χ0) is 13.4. The van der Waals surface area contributed by atoms with Crippen molar-refractivity contribution in [3.8, 4) is 0 Å². The van der Waals surface area contributed by atoms with Crippen LogP contribution in [0.15, 0.2) is 17.5 Å². The van der Waals surface area contributed by atoms with Gasteiger partial charge in [-0.2, -0.15) is 0 Å². The number of likely N-dealkylation sites (tertiary alicyclic amines) is 1. The molecule has 2 fully saturated rings. The van der Waals surface area contributed by atoms with Gasteiger partial charge >= 0.3 is 0 Å². The van der Waals surface area contributed by atoms with Crippen molar-refractivity contribution in [3.63, 3.8) is 0 Å². The third-order valence-electron chi connectivity index (χ3n) is 3.97. The molecule has 1 saturated heterocycles.